The van der Waals surface area contributed by atoms with E-state index >= 15 is 0 Å². The van der Waals surface area contributed by atoms with E-state index in [0.29, 0.717) is 12.0 Å². The first-order chi connectivity index (χ1) is 10.5. The minimum absolute atomic E-state index is 0.104. The van der Waals surface area contributed by atoms with Gasteiger partial charge in [0, 0.05) is 5.57 Å². The van der Waals surface area contributed by atoms with Crippen molar-refractivity contribution in [3.63, 3.8) is 0 Å². The van der Waals surface area contributed by atoms with Crippen molar-refractivity contribution in [2.75, 3.05) is 12.0 Å². The predicted molar refractivity (Wildman–Crippen MR) is 92.7 cm³/mol. The van der Waals surface area contributed by atoms with Gasteiger partial charge in [-0.25, -0.2) is 0 Å². The number of thioether (sulfide) groups is 1. The van der Waals surface area contributed by atoms with E-state index in [4.69, 9.17) is 0 Å². The first kappa shape index (κ1) is 18.3. The summed E-state index contributed by atoms with van der Waals surface area (Å²) in [4.78, 5) is 24.2. The molecule has 0 saturated heterocycles. The minimum Gasteiger partial charge on any atom is -0.348 e. The molecule has 2 amide bonds. The third-order valence-corrected chi connectivity index (χ3v) is 3.92. The smallest absolute Gasteiger partial charge is 0.246 e. The number of benzene rings is 1. The van der Waals surface area contributed by atoms with Crippen LogP contribution in [0.15, 0.2) is 42.5 Å². The molecular weight excluding hydrogens is 296 g/mol. The number of carbonyl (C=O) groups is 2. The van der Waals surface area contributed by atoms with Crippen molar-refractivity contribution in [2.45, 2.75) is 32.4 Å². The van der Waals surface area contributed by atoms with E-state index in [2.05, 4.69) is 17.2 Å². The standard InChI is InChI=1S/C17H24N2O2S/c1-12(2)16(20)19-15(10-11-22-4)17(21)18-13(3)14-8-6-5-7-9-14/h5-9,13,15H,1,10-11H2,2-4H3,(H,18,21)(H,19,20)/t13?,15-/m0/s1. The van der Waals surface area contributed by atoms with Crippen molar-refractivity contribution >= 4 is 23.6 Å². The van der Waals surface area contributed by atoms with Crippen LogP contribution in [0, 0.1) is 0 Å². The highest BCUT2D eigenvalue weighted by molar-refractivity contribution is 7.98. The molecule has 1 aromatic rings. The fourth-order valence-electron chi connectivity index (χ4n) is 1.92. The number of amides is 2. The zero-order valence-corrected chi connectivity index (χ0v) is 14.2. The van der Waals surface area contributed by atoms with E-state index in [1.807, 2.05) is 43.5 Å². The highest BCUT2D eigenvalue weighted by Crippen LogP contribution is 2.12. The molecule has 0 heterocycles. The second kappa shape index (κ2) is 9.30. The summed E-state index contributed by atoms with van der Waals surface area (Å²) >= 11 is 1.64. The molecule has 0 spiro atoms. The van der Waals surface area contributed by atoms with Crippen molar-refractivity contribution in [1.29, 1.82) is 0 Å². The van der Waals surface area contributed by atoms with Crippen LogP contribution < -0.4 is 10.6 Å². The van der Waals surface area contributed by atoms with Crippen molar-refractivity contribution in [3.05, 3.63) is 48.0 Å². The Bertz CT molecular complexity index is 517. The van der Waals surface area contributed by atoms with Crippen LogP contribution in [-0.4, -0.2) is 29.9 Å². The average Bonchev–Trinajstić information content (AvgIpc) is 2.51. The fraction of sp³-hybridized carbons (Fsp3) is 0.412. The van der Waals surface area contributed by atoms with Crippen LogP contribution in [0.1, 0.15) is 31.9 Å². The Hall–Kier alpha value is -1.75. The molecule has 1 unspecified atom stereocenters. The molecule has 0 aliphatic carbocycles. The Balaban J connectivity index is 2.70. The van der Waals surface area contributed by atoms with E-state index in [-0.39, 0.29) is 17.9 Å². The van der Waals surface area contributed by atoms with Crippen LogP contribution >= 0.6 is 11.8 Å². The summed E-state index contributed by atoms with van der Waals surface area (Å²) in [5, 5.41) is 5.70. The Morgan fingerprint density at radius 1 is 1.23 bits per heavy atom. The third kappa shape index (κ3) is 5.93. The lowest BCUT2D eigenvalue weighted by Gasteiger charge is -2.21. The molecule has 120 valence electrons. The molecule has 0 saturated carbocycles. The normalized spacial score (nSPS) is 13.0. The highest BCUT2D eigenvalue weighted by atomic mass is 32.2. The zero-order chi connectivity index (χ0) is 16.5. The van der Waals surface area contributed by atoms with Crippen LogP contribution in [0.4, 0.5) is 0 Å². The summed E-state index contributed by atoms with van der Waals surface area (Å²) in [6.45, 7) is 7.17. The van der Waals surface area contributed by atoms with Gasteiger partial charge in [-0.2, -0.15) is 11.8 Å². The maximum atomic E-state index is 12.4. The van der Waals surface area contributed by atoms with E-state index in [9.17, 15) is 9.59 Å². The Kier molecular flexibility index (Phi) is 7.74. The first-order valence-corrected chi connectivity index (χ1v) is 8.65. The number of hydrogen-bond acceptors (Lipinski definition) is 3. The van der Waals surface area contributed by atoms with Gasteiger partial charge in [0.1, 0.15) is 6.04 Å². The minimum atomic E-state index is -0.539. The molecule has 1 aromatic carbocycles. The van der Waals surface area contributed by atoms with Gasteiger partial charge in [0.15, 0.2) is 0 Å². The van der Waals surface area contributed by atoms with Crippen LogP contribution in [0.3, 0.4) is 0 Å². The molecule has 4 nitrogen and oxygen atoms in total. The van der Waals surface area contributed by atoms with Gasteiger partial charge in [0.25, 0.3) is 0 Å². The molecular formula is C17H24N2O2S. The van der Waals surface area contributed by atoms with Crippen molar-refractivity contribution in [1.82, 2.24) is 10.6 Å². The van der Waals surface area contributed by atoms with Crippen LogP contribution in [0.25, 0.3) is 0 Å². The van der Waals surface area contributed by atoms with Crippen LogP contribution in [0.2, 0.25) is 0 Å². The Labute approximate surface area is 136 Å². The molecule has 22 heavy (non-hydrogen) atoms. The molecule has 0 bridgehead atoms. The van der Waals surface area contributed by atoms with Crippen LogP contribution in [-0.2, 0) is 9.59 Å². The monoisotopic (exact) mass is 320 g/mol. The topological polar surface area (TPSA) is 58.2 Å². The SMILES string of the molecule is C=C(C)C(=O)N[C@@H](CCSC)C(=O)NC(C)c1ccccc1. The molecule has 5 heteroatoms. The summed E-state index contributed by atoms with van der Waals surface area (Å²) in [6.07, 6.45) is 2.57. The molecule has 1 rings (SSSR count). The zero-order valence-electron chi connectivity index (χ0n) is 13.4. The van der Waals surface area contributed by atoms with Crippen molar-refractivity contribution in [3.8, 4) is 0 Å². The molecule has 0 aromatic heterocycles. The Morgan fingerprint density at radius 2 is 1.86 bits per heavy atom. The summed E-state index contributed by atoms with van der Waals surface area (Å²) in [6, 6.07) is 9.10. The van der Waals surface area contributed by atoms with Gasteiger partial charge >= 0.3 is 0 Å². The highest BCUT2D eigenvalue weighted by Gasteiger charge is 2.22. The third-order valence-electron chi connectivity index (χ3n) is 3.28. The lowest BCUT2D eigenvalue weighted by molar-refractivity contribution is -0.127. The van der Waals surface area contributed by atoms with Crippen molar-refractivity contribution in [2.24, 2.45) is 0 Å². The molecule has 0 aliphatic heterocycles. The largest absolute Gasteiger partial charge is 0.348 e. The van der Waals surface area contributed by atoms with Crippen LogP contribution in [0.5, 0.6) is 0 Å². The van der Waals surface area contributed by atoms with Gasteiger partial charge in [-0.15, -0.1) is 0 Å². The summed E-state index contributed by atoms with van der Waals surface area (Å²) in [5.74, 6) is 0.350. The molecule has 0 fully saturated rings. The maximum Gasteiger partial charge on any atom is 0.246 e. The molecule has 2 atom stereocenters. The first-order valence-electron chi connectivity index (χ1n) is 7.26. The fourth-order valence-corrected chi connectivity index (χ4v) is 2.40. The number of rotatable bonds is 8. The van der Waals surface area contributed by atoms with Gasteiger partial charge in [0.2, 0.25) is 11.8 Å². The average molecular weight is 320 g/mol. The van der Waals surface area contributed by atoms with E-state index in [1.54, 1.807) is 18.7 Å². The maximum absolute atomic E-state index is 12.4. The van der Waals surface area contributed by atoms with E-state index in [1.165, 1.54) is 0 Å². The van der Waals surface area contributed by atoms with Gasteiger partial charge < -0.3 is 10.6 Å². The van der Waals surface area contributed by atoms with Gasteiger partial charge in [-0.3, -0.25) is 9.59 Å². The van der Waals surface area contributed by atoms with E-state index < -0.39 is 6.04 Å². The van der Waals surface area contributed by atoms with Gasteiger partial charge in [-0.05, 0) is 37.8 Å². The molecule has 2 N–H and O–H groups in total. The number of carbonyl (C=O) groups excluding carboxylic acids is 2. The second-order valence-corrected chi connectivity index (χ2v) is 6.21. The van der Waals surface area contributed by atoms with Gasteiger partial charge in [0.05, 0.1) is 6.04 Å². The van der Waals surface area contributed by atoms with E-state index in [0.717, 1.165) is 11.3 Å². The quantitative estimate of drug-likeness (QED) is 0.724. The van der Waals surface area contributed by atoms with Crippen molar-refractivity contribution < 1.29 is 9.59 Å². The molecule has 0 aliphatic rings. The summed E-state index contributed by atoms with van der Waals surface area (Å²) in [5.41, 5.74) is 1.43. The second-order valence-electron chi connectivity index (χ2n) is 5.23. The summed E-state index contributed by atoms with van der Waals surface area (Å²) in [7, 11) is 0. The Morgan fingerprint density at radius 3 is 2.41 bits per heavy atom. The lowest BCUT2D eigenvalue weighted by atomic mass is 10.1. The van der Waals surface area contributed by atoms with Gasteiger partial charge in [-0.1, -0.05) is 36.9 Å². The number of hydrogen-bond donors (Lipinski definition) is 2. The summed E-state index contributed by atoms with van der Waals surface area (Å²) < 4.78 is 0. The molecule has 0 radical (unpaired) electrons. The predicted octanol–water partition coefficient (Wildman–Crippen LogP) is 2.68. The lowest BCUT2D eigenvalue weighted by Crippen LogP contribution is -2.47. The number of nitrogens with one attached hydrogen (secondary N) is 2.